The fraction of sp³-hybridized carbons (Fsp3) is 0.438. The van der Waals surface area contributed by atoms with Crippen molar-refractivity contribution in [2.24, 2.45) is 0 Å². The number of hydrogen-bond acceptors (Lipinski definition) is 3. The number of rotatable bonds is 7. The van der Waals surface area contributed by atoms with E-state index in [1.165, 1.54) is 12.1 Å². The molecule has 114 valence electrons. The lowest BCUT2D eigenvalue weighted by molar-refractivity contribution is 0.288. The molecule has 1 aromatic heterocycles. The molecule has 0 aliphatic carbocycles. The molecule has 2 aromatic rings. The third kappa shape index (κ3) is 4.04. The highest BCUT2D eigenvalue weighted by atomic mass is 19.1. The average molecular weight is 291 g/mol. The summed E-state index contributed by atoms with van der Waals surface area (Å²) in [5.74, 6) is 0.462. The molecule has 0 aliphatic heterocycles. The maximum absolute atomic E-state index is 13.4. The van der Waals surface area contributed by atoms with Gasteiger partial charge in [-0.15, -0.1) is 0 Å². The van der Waals surface area contributed by atoms with Crippen molar-refractivity contribution in [2.75, 3.05) is 6.54 Å². The second kappa shape index (κ2) is 7.22. The van der Waals surface area contributed by atoms with Crippen molar-refractivity contribution in [1.29, 1.82) is 0 Å². The highest BCUT2D eigenvalue weighted by Gasteiger charge is 2.08. The monoisotopic (exact) mass is 291 g/mol. The molecule has 5 heteroatoms. The lowest BCUT2D eigenvalue weighted by Gasteiger charge is -2.12. The lowest BCUT2D eigenvalue weighted by Crippen LogP contribution is -2.13. The molecule has 2 rings (SSSR count). The summed E-state index contributed by atoms with van der Waals surface area (Å²) in [4.78, 5) is 0. The summed E-state index contributed by atoms with van der Waals surface area (Å²) in [5, 5.41) is 7.58. The van der Waals surface area contributed by atoms with Crippen LogP contribution in [-0.4, -0.2) is 16.3 Å². The molecule has 21 heavy (non-hydrogen) atoms. The van der Waals surface area contributed by atoms with Crippen LogP contribution in [-0.2, 0) is 19.7 Å². The summed E-state index contributed by atoms with van der Waals surface area (Å²) < 4.78 is 21.1. The molecule has 0 atom stereocenters. The van der Waals surface area contributed by atoms with Crippen LogP contribution in [0.15, 0.2) is 24.3 Å². The Morgan fingerprint density at radius 3 is 2.81 bits per heavy atom. The van der Waals surface area contributed by atoms with Crippen LogP contribution in [0.4, 0.5) is 4.39 Å². The van der Waals surface area contributed by atoms with Gasteiger partial charge in [0.1, 0.15) is 18.2 Å². The number of aromatic nitrogens is 2. The first-order valence-electron chi connectivity index (χ1n) is 7.29. The Morgan fingerprint density at radius 1 is 1.29 bits per heavy atom. The van der Waals surface area contributed by atoms with Gasteiger partial charge in [-0.25, -0.2) is 4.39 Å². The third-order valence-electron chi connectivity index (χ3n) is 3.25. The first-order valence-corrected chi connectivity index (χ1v) is 7.29. The van der Waals surface area contributed by atoms with Gasteiger partial charge in [0, 0.05) is 18.7 Å². The largest absolute Gasteiger partial charge is 0.487 e. The van der Waals surface area contributed by atoms with Crippen LogP contribution in [0.25, 0.3) is 0 Å². The summed E-state index contributed by atoms with van der Waals surface area (Å²) >= 11 is 0. The molecule has 1 N–H and O–H groups in total. The molecule has 0 spiro atoms. The SMILES string of the molecule is CCNCc1cc(F)ccc1OCc1cc(C)nn1CC. The van der Waals surface area contributed by atoms with E-state index in [2.05, 4.69) is 10.4 Å². The number of aryl methyl sites for hydroxylation is 2. The summed E-state index contributed by atoms with van der Waals surface area (Å²) in [7, 11) is 0. The highest BCUT2D eigenvalue weighted by molar-refractivity contribution is 5.34. The van der Waals surface area contributed by atoms with Crippen molar-refractivity contribution < 1.29 is 9.13 Å². The molecule has 4 nitrogen and oxygen atoms in total. The van der Waals surface area contributed by atoms with Gasteiger partial charge in [-0.05, 0) is 44.7 Å². The van der Waals surface area contributed by atoms with E-state index in [4.69, 9.17) is 4.74 Å². The van der Waals surface area contributed by atoms with E-state index in [1.54, 1.807) is 6.07 Å². The standard InChI is InChI=1S/C16H22FN3O/c1-4-18-10-13-9-14(17)6-7-16(13)21-11-15-8-12(3)19-20(15)5-2/h6-9,18H,4-5,10-11H2,1-3H3. The number of halogens is 1. The van der Waals surface area contributed by atoms with Gasteiger partial charge in [0.25, 0.3) is 0 Å². The first-order chi connectivity index (χ1) is 10.1. The first kappa shape index (κ1) is 15.5. The molecule has 1 aromatic carbocycles. The molecule has 0 unspecified atom stereocenters. The topological polar surface area (TPSA) is 39.1 Å². The maximum Gasteiger partial charge on any atom is 0.130 e. The smallest absolute Gasteiger partial charge is 0.130 e. The molecule has 1 heterocycles. The van der Waals surface area contributed by atoms with Gasteiger partial charge in [0.15, 0.2) is 0 Å². The molecule has 0 fully saturated rings. The fourth-order valence-electron chi connectivity index (χ4n) is 2.23. The molecule has 0 amide bonds. The van der Waals surface area contributed by atoms with E-state index in [0.717, 1.165) is 30.0 Å². The molecular formula is C16H22FN3O. The van der Waals surface area contributed by atoms with Gasteiger partial charge in [0.05, 0.1) is 11.4 Å². The average Bonchev–Trinajstić information content (AvgIpc) is 2.84. The van der Waals surface area contributed by atoms with Crippen LogP contribution >= 0.6 is 0 Å². The van der Waals surface area contributed by atoms with Crippen LogP contribution in [0.3, 0.4) is 0 Å². The Morgan fingerprint density at radius 2 is 2.10 bits per heavy atom. The number of nitrogens with one attached hydrogen (secondary N) is 1. The summed E-state index contributed by atoms with van der Waals surface area (Å²) in [5.41, 5.74) is 2.83. The van der Waals surface area contributed by atoms with Crippen LogP contribution in [0, 0.1) is 12.7 Å². The van der Waals surface area contributed by atoms with E-state index in [1.807, 2.05) is 31.5 Å². The number of nitrogens with zero attached hydrogens (tertiary/aromatic N) is 2. The predicted octanol–water partition coefficient (Wildman–Crippen LogP) is 3.04. The molecule has 0 aliphatic rings. The van der Waals surface area contributed by atoms with Gasteiger partial charge >= 0.3 is 0 Å². The summed E-state index contributed by atoms with van der Waals surface area (Å²) in [6, 6.07) is 6.63. The number of hydrogen-bond donors (Lipinski definition) is 1. The van der Waals surface area contributed by atoms with Crippen LogP contribution in [0.5, 0.6) is 5.75 Å². The predicted molar refractivity (Wildman–Crippen MR) is 80.8 cm³/mol. The quantitative estimate of drug-likeness (QED) is 0.852. The fourth-order valence-corrected chi connectivity index (χ4v) is 2.23. The van der Waals surface area contributed by atoms with Crippen molar-refractivity contribution in [2.45, 2.75) is 40.5 Å². The third-order valence-corrected chi connectivity index (χ3v) is 3.25. The Kier molecular flexibility index (Phi) is 5.33. The zero-order valence-electron chi connectivity index (χ0n) is 12.8. The van der Waals surface area contributed by atoms with E-state index in [-0.39, 0.29) is 5.82 Å². The molecule has 0 saturated carbocycles. The minimum absolute atomic E-state index is 0.246. The van der Waals surface area contributed by atoms with Gasteiger partial charge in [-0.2, -0.15) is 5.10 Å². The van der Waals surface area contributed by atoms with Gasteiger partial charge in [0.2, 0.25) is 0 Å². The van der Waals surface area contributed by atoms with E-state index < -0.39 is 0 Å². The lowest BCUT2D eigenvalue weighted by atomic mass is 10.2. The van der Waals surface area contributed by atoms with Crippen molar-refractivity contribution in [3.8, 4) is 5.75 Å². The Bertz CT molecular complexity index is 595. The Balaban J connectivity index is 2.11. The van der Waals surface area contributed by atoms with Crippen molar-refractivity contribution in [3.05, 3.63) is 47.0 Å². The minimum Gasteiger partial charge on any atom is -0.487 e. The van der Waals surface area contributed by atoms with Crippen molar-refractivity contribution in [1.82, 2.24) is 15.1 Å². The maximum atomic E-state index is 13.4. The van der Waals surface area contributed by atoms with Gasteiger partial charge in [-0.1, -0.05) is 6.92 Å². The van der Waals surface area contributed by atoms with E-state index in [9.17, 15) is 4.39 Å². The van der Waals surface area contributed by atoms with E-state index >= 15 is 0 Å². The highest BCUT2D eigenvalue weighted by Crippen LogP contribution is 2.21. The molecule has 0 saturated heterocycles. The zero-order valence-corrected chi connectivity index (χ0v) is 12.8. The minimum atomic E-state index is -0.246. The Hall–Kier alpha value is -1.88. The van der Waals surface area contributed by atoms with Gasteiger partial charge in [-0.3, -0.25) is 4.68 Å². The number of ether oxygens (including phenoxy) is 1. The molecule has 0 radical (unpaired) electrons. The summed E-state index contributed by atoms with van der Waals surface area (Å²) in [6.07, 6.45) is 0. The molecular weight excluding hydrogens is 269 g/mol. The second-order valence-electron chi connectivity index (χ2n) is 4.91. The zero-order chi connectivity index (χ0) is 15.2. The van der Waals surface area contributed by atoms with E-state index in [0.29, 0.717) is 18.9 Å². The van der Waals surface area contributed by atoms with Gasteiger partial charge < -0.3 is 10.1 Å². The van der Waals surface area contributed by atoms with Crippen LogP contribution < -0.4 is 10.1 Å². The second-order valence-corrected chi connectivity index (χ2v) is 4.91. The van der Waals surface area contributed by atoms with Crippen molar-refractivity contribution >= 4 is 0 Å². The summed E-state index contributed by atoms with van der Waals surface area (Å²) in [6.45, 7) is 8.68. The van der Waals surface area contributed by atoms with Crippen LogP contribution in [0.1, 0.15) is 30.8 Å². The Labute approximate surface area is 124 Å². The van der Waals surface area contributed by atoms with Crippen molar-refractivity contribution in [3.63, 3.8) is 0 Å². The number of benzene rings is 1. The van der Waals surface area contributed by atoms with Crippen LogP contribution in [0.2, 0.25) is 0 Å². The normalized spacial score (nSPS) is 10.9. The molecule has 0 bridgehead atoms.